The number of aromatic hydroxyl groups is 1. The highest BCUT2D eigenvalue weighted by Gasteiger charge is 2.16. The average Bonchev–Trinajstić information content (AvgIpc) is 3.03. The standard InChI is InChI=1S/C22H27N3O2Si/c1-22(2,3)17-11-9-16(10-12-17)14-19(27-28(4)5)18-15-21(26)25(24-18)20-8-6-7-13-23-20/h6-15,26,28H,1-5H3. The number of hydrogen-bond donors (Lipinski definition) is 1. The van der Waals surface area contributed by atoms with E-state index in [1.54, 1.807) is 18.3 Å². The van der Waals surface area contributed by atoms with Crippen LogP contribution in [0.2, 0.25) is 13.1 Å². The van der Waals surface area contributed by atoms with Crippen molar-refractivity contribution < 1.29 is 9.53 Å². The maximum atomic E-state index is 10.3. The number of rotatable bonds is 5. The van der Waals surface area contributed by atoms with Crippen LogP contribution < -0.4 is 0 Å². The first-order chi connectivity index (χ1) is 13.2. The van der Waals surface area contributed by atoms with Crippen LogP contribution in [-0.4, -0.2) is 28.9 Å². The molecule has 0 aliphatic carbocycles. The summed E-state index contributed by atoms with van der Waals surface area (Å²) >= 11 is 0. The lowest BCUT2D eigenvalue weighted by molar-refractivity contribution is 0.432. The molecule has 1 N–H and O–H groups in total. The predicted octanol–water partition coefficient (Wildman–Crippen LogP) is 4.77. The Labute approximate surface area is 168 Å². The molecule has 2 heterocycles. The summed E-state index contributed by atoms with van der Waals surface area (Å²) in [6.07, 6.45) is 3.64. The highest BCUT2D eigenvalue weighted by molar-refractivity contribution is 6.49. The van der Waals surface area contributed by atoms with E-state index in [-0.39, 0.29) is 11.3 Å². The summed E-state index contributed by atoms with van der Waals surface area (Å²) in [5.41, 5.74) is 3.01. The van der Waals surface area contributed by atoms with E-state index in [0.717, 1.165) is 5.56 Å². The van der Waals surface area contributed by atoms with Crippen molar-refractivity contribution in [3.63, 3.8) is 0 Å². The quantitative estimate of drug-likeness (QED) is 0.501. The maximum absolute atomic E-state index is 10.3. The molecular formula is C22H27N3O2Si. The zero-order valence-electron chi connectivity index (χ0n) is 17.0. The molecule has 6 heteroatoms. The third kappa shape index (κ3) is 4.70. The lowest BCUT2D eigenvalue weighted by Gasteiger charge is -2.19. The summed E-state index contributed by atoms with van der Waals surface area (Å²) in [6.45, 7) is 10.8. The van der Waals surface area contributed by atoms with Crippen LogP contribution in [0.4, 0.5) is 0 Å². The molecule has 2 aromatic heterocycles. The second-order valence-corrected chi connectivity index (χ2v) is 10.4. The van der Waals surface area contributed by atoms with Gasteiger partial charge in [-0.25, -0.2) is 4.98 Å². The molecule has 0 spiro atoms. The van der Waals surface area contributed by atoms with Crippen LogP contribution in [0.1, 0.15) is 37.6 Å². The Hall–Kier alpha value is -2.86. The van der Waals surface area contributed by atoms with Crippen molar-refractivity contribution in [1.82, 2.24) is 14.8 Å². The first-order valence-electron chi connectivity index (χ1n) is 9.44. The van der Waals surface area contributed by atoms with Gasteiger partial charge in [0, 0.05) is 12.3 Å². The van der Waals surface area contributed by atoms with Gasteiger partial charge in [-0.05, 0) is 47.8 Å². The maximum Gasteiger partial charge on any atom is 0.229 e. The van der Waals surface area contributed by atoms with Gasteiger partial charge in [-0.3, -0.25) is 0 Å². The van der Waals surface area contributed by atoms with E-state index in [4.69, 9.17) is 4.43 Å². The molecule has 0 atom stereocenters. The van der Waals surface area contributed by atoms with Gasteiger partial charge in [-0.2, -0.15) is 9.78 Å². The minimum absolute atomic E-state index is 0.0247. The van der Waals surface area contributed by atoms with Crippen molar-refractivity contribution >= 4 is 20.9 Å². The van der Waals surface area contributed by atoms with E-state index in [1.165, 1.54) is 10.2 Å². The van der Waals surface area contributed by atoms with Crippen LogP contribution in [0.3, 0.4) is 0 Å². The normalized spacial score (nSPS) is 12.4. The minimum Gasteiger partial charge on any atom is -0.545 e. The molecule has 0 amide bonds. The number of aromatic nitrogens is 3. The summed E-state index contributed by atoms with van der Waals surface area (Å²) in [4.78, 5) is 4.25. The fourth-order valence-corrected chi connectivity index (χ4v) is 3.49. The zero-order valence-corrected chi connectivity index (χ0v) is 18.2. The summed E-state index contributed by atoms with van der Waals surface area (Å²) in [5, 5.41) is 14.9. The summed E-state index contributed by atoms with van der Waals surface area (Å²) in [6, 6.07) is 15.5. The molecule has 28 heavy (non-hydrogen) atoms. The van der Waals surface area contributed by atoms with Crippen molar-refractivity contribution in [1.29, 1.82) is 0 Å². The van der Waals surface area contributed by atoms with Crippen LogP contribution in [-0.2, 0) is 9.84 Å². The molecule has 146 valence electrons. The van der Waals surface area contributed by atoms with E-state index in [0.29, 0.717) is 17.3 Å². The SMILES string of the molecule is C[SiH](C)OC(=Cc1ccc(C(C)(C)C)cc1)c1cc(O)n(-c2ccccn2)n1. The number of pyridine rings is 1. The van der Waals surface area contributed by atoms with Gasteiger partial charge in [0.2, 0.25) is 14.9 Å². The number of benzene rings is 1. The largest absolute Gasteiger partial charge is 0.545 e. The van der Waals surface area contributed by atoms with Gasteiger partial charge in [0.05, 0.1) is 0 Å². The summed E-state index contributed by atoms with van der Waals surface area (Å²) in [7, 11) is -1.37. The second-order valence-electron chi connectivity index (χ2n) is 8.03. The molecule has 3 rings (SSSR count). The Kier molecular flexibility index (Phi) is 5.70. The van der Waals surface area contributed by atoms with Gasteiger partial charge in [-0.15, -0.1) is 0 Å². The van der Waals surface area contributed by atoms with Crippen molar-refractivity contribution in [2.45, 2.75) is 39.3 Å². The smallest absolute Gasteiger partial charge is 0.229 e. The van der Waals surface area contributed by atoms with Crippen molar-refractivity contribution in [3.05, 3.63) is 71.5 Å². The molecule has 1 aromatic carbocycles. The third-order valence-electron chi connectivity index (χ3n) is 4.25. The lowest BCUT2D eigenvalue weighted by Crippen LogP contribution is -2.10. The molecule has 0 fully saturated rings. The van der Waals surface area contributed by atoms with Crippen LogP contribution in [0.5, 0.6) is 5.88 Å². The zero-order chi connectivity index (χ0) is 20.3. The van der Waals surface area contributed by atoms with E-state index >= 15 is 0 Å². The van der Waals surface area contributed by atoms with Crippen LogP contribution in [0.15, 0.2) is 54.7 Å². The van der Waals surface area contributed by atoms with Crippen molar-refractivity contribution in [2.75, 3.05) is 0 Å². The molecule has 5 nitrogen and oxygen atoms in total. The van der Waals surface area contributed by atoms with Crippen molar-refractivity contribution in [2.24, 2.45) is 0 Å². The Balaban J connectivity index is 1.98. The minimum atomic E-state index is -1.37. The molecule has 0 radical (unpaired) electrons. The molecule has 0 aliphatic rings. The molecule has 0 bridgehead atoms. The number of hydrogen-bond acceptors (Lipinski definition) is 4. The summed E-state index contributed by atoms with van der Waals surface area (Å²) < 4.78 is 7.55. The Morgan fingerprint density at radius 2 is 1.82 bits per heavy atom. The Bertz CT molecular complexity index is 956. The van der Waals surface area contributed by atoms with Crippen LogP contribution >= 0.6 is 0 Å². The third-order valence-corrected chi connectivity index (χ3v) is 4.97. The van der Waals surface area contributed by atoms with Crippen LogP contribution in [0, 0.1) is 0 Å². The van der Waals surface area contributed by atoms with Gasteiger partial charge in [0.1, 0.15) is 11.5 Å². The molecule has 0 unspecified atom stereocenters. The monoisotopic (exact) mass is 393 g/mol. The topological polar surface area (TPSA) is 60.2 Å². The molecule has 0 aliphatic heterocycles. The Morgan fingerprint density at radius 1 is 1.11 bits per heavy atom. The van der Waals surface area contributed by atoms with E-state index in [2.05, 4.69) is 68.2 Å². The van der Waals surface area contributed by atoms with Crippen LogP contribution in [0.25, 0.3) is 17.7 Å². The first kappa shape index (κ1) is 19.9. The predicted molar refractivity (Wildman–Crippen MR) is 116 cm³/mol. The Morgan fingerprint density at radius 3 is 2.39 bits per heavy atom. The van der Waals surface area contributed by atoms with Crippen molar-refractivity contribution in [3.8, 4) is 11.7 Å². The highest BCUT2D eigenvalue weighted by atomic mass is 28.3. The average molecular weight is 394 g/mol. The molecule has 3 aromatic rings. The summed E-state index contributed by atoms with van der Waals surface area (Å²) in [5.74, 6) is 1.24. The second kappa shape index (κ2) is 8.02. The van der Waals surface area contributed by atoms with Gasteiger partial charge in [-0.1, -0.05) is 51.1 Å². The van der Waals surface area contributed by atoms with E-state index < -0.39 is 9.04 Å². The number of nitrogens with zero attached hydrogens (tertiary/aromatic N) is 3. The van der Waals surface area contributed by atoms with Gasteiger partial charge < -0.3 is 9.53 Å². The van der Waals surface area contributed by atoms with E-state index in [9.17, 15) is 5.11 Å². The van der Waals surface area contributed by atoms with Gasteiger partial charge >= 0.3 is 0 Å². The molecule has 0 saturated heterocycles. The lowest BCUT2D eigenvalue weighted by atomic mass is 9.87. The first-order valence-corrected chi connectivity index (χ1v) is 12.2. The van der Waals surface area contributed by atoms with Gasteiger partial charge in [0.25, 0.3) is 0 Å². The van der Waals surface area contributed by atoms with E-state index in [1.807, 2.05) is 18.2 Å². The fourth-order valence-electron chi connectivity index (χ4n) is 2.79. The highest BCUT2D eigenvalue weighted by Crippen LogP contribution is 2.27. The molecular weight excluding hydrogens is 366 g/mol. The van der Waals surface area contributed by atoms with Gasteiger partial charge in [0.15, 0.2) is 5.82 Å². The molecule has 0 saturated carbocycles. The fraction of sp³-hybridized carbons (Fsp3) is 0.273.